The first-order valence-electron chi connectivity index (χ1n) is 9.09. The van der Waals surface area contributed by atoms with Crippen molar-refractivity contribution in [1.29, 1.82) is 0 Å². The first-order valence-corrected chi connectivity index (χ1v) is 10.7. The van der Waals surface area contributed by atoms with E-state index in [0.717, 1.165) is 16.1 Å². The van der Waals surface area contributed by atoms with E-state index in [4.69, 9.17) is 33.0 Å². The first-order chi connectivity index (χ1) is 14.1. The van der Waals surface area contributed by atoms with Crippen LogP contribution < -0.4 is 4.74 Å². The fourth-order valence-corrected chi connectivity index (χ4v) is 4.35. The van der Waals surface area contributed by atoms with Crippen molar-refractivity contribution < 1.29 is 9.84 Å². The molecule has 0 aliphatic heterocycles. The second-order valence-electron chi connectivity index (χ2n) is 6.40. The van der Waals surface area contributed by atoms with Gasteiger partial charge in [-0.15, -0.1) is 11.3 Å². The Labute approximate surface area is 182 Å². The summed E-state index contributed by atoms with van der Waals surface area (Å²) in [6.07, 6.45) is -0.200. The van der Waals surface area contributed by atoms with Gasteiger partial charge in [0, 0.05) is 20.5 Å². The highest BCUT2D eigenvalue weighted by Gasteiger charge is 2.26. The minimum absolute atomic E-state index is 0.482. The van der Waals surface area contributed by atoms with E-state index >= 15 is 0 Å². The van der Waals surface area contributed by atoms with Gasteiger partial charge in [0.2, 0.25) is 5.88 Å². The highest BCUT2D eigenvalue weighted by Crippen LogP contribution is 2.37. The lowest BCUT2D eigenvalue weighted by molar-refractivity contribution is 0.217. The fraction of sp³-hybridized carbons (Fsp3) is 0.136. The van der Waals surface area contributed by atoms with E-state index in [1.807, 2.05) is 54.8 Å². The summed E-state index contributed by atoms with van der Waals surface area (Å²) in [7, 11) is 0. The third-order valence-electron chi connectivity index (χ3n) is 4.44. The normalized spacial score (nSPS) is 12.1. The number of hydrogen-bond donors (Lipinski definition) is 1. The lowest BCUT2D eigenvalue weighted by Gasteiger charge is -2.11. The van der Waals surface area contributed by atoms with Gasteiger partial charge < -0.3 is 9.84 Å². The largest absolute Gasteiger partial charge is 0.438 e. The number of aliphatic hydroxyl groups excluding tert-OH is 1. The van der Waals surface area contributed by atoms with Gasteiger partial charge in [0.05, 0.1) is 5.69 Å². The van der Waals surface area contributed by atoms with Crippen LogP contribution in [0.2, 0.25) is 10.0 Å². The molecule has 1 unspecified atom stereocenters. The van der Waals surface area contributed by atoms with Gasteiger partial charge in [0.15, 0.2) is 0 Å². The number of nitrogens with zero attached hydrogens (tertiary/aromatic N) is 2. The number of benzene rings is 2. The zero-order valence-corrected chi connectivity index (χ0v) is 17.9. The fourth-order valence-electron chi connectivity index (χ4n) is 3.13. The molecular formula is C22H18Cl2N2O2S. The molecule has 1 N–H and O–H groups in total. The molecule has 0 saturated heterocycles. The monoisotopic (exact) mass is 444 g/mol. The van der Waals surface area contributed by atoms with Crippen LogP contribution in [0.25, 0.3) is 5.69 Å². The number of hydrogen-bond acceptors (Lipinski definition) is 4. The Morgan fingerprint density at radius 1 is 1.07 bits per heavy atom. The van der Waals surface area contributed by atoms with E-state index in [0.29, 0.717) is 33.8 Å². The first kappa shape index (κ1) is 20.0. The molecule has 0 fully saturated rings. The molecule has 4 nitrogen and oxygen atoms in total. The van der Waals surface area contributed by atoms with E-state index in [1.165, 1.54) is 11.3 Å². The molecule has 148 valence electrons. The summed E-state index contributed by atoms with van der Waals surface area (Å²) in [5.74, 6) is 1.04. The minimum atomic E-state index is -0.833. The lowest BCUT2D eigenvalue weighted by atomic mass is 10.1. The van der Waals surface area contributed by atoms with Gasteiger partial charge in [-0.1, -0.05) is 54.4 Å². The number of rotatable bonds is 6. The van der Waals surface area contributed by atoms with Crippen LogP contribution in [-0.2, 0) is 6.42 Å². The van der Waals surface area contributed by atoms with Crippen molar-refractivity contribution in [3.05, 3.63) is 92.2 Å². The quantitative estimate of drug-likeness (QED) is 0.360. The van der Waals surface area contributed by atoms with E-state index in [9.17, 15) is 5.11 Å². The predicted octanol–water partition coefficient (Wildman–Crippen LogP) is 6.68. The zero-order valence-electron chi connectivity index (χ0n) is 15.5. The third-order valence-corrected chi connectivity index (χ3v) is 5.81. The standard InChI is InChI=1S/C22H18Cl2N2O2S/c1-2-18-20(21(27)19-9-6-10-29-19)25-26(16-7-4-3-5-8-16)22(18)28-17-12-14(23)11-15(24)13-17/h3-13,21,27H,2H2,1H3. The summed E-state index contributed by atoms with van der Waals surface area (Å²) < 4.78 is 7.93. The highest BCUT2D eigenvalue weighted by molar-refractivity contribution is 7.10. The van der Waals surface area contributed by atoms with E-state index in [-0.39, 0.29) is 0 Å². The van der Waals surface area contributed by atoms with Gasteiger partial charge in [-0.25, -0.2) is 4.68 Å². The maximum absolute atomic E-state index is 11.0. The molecule has 0 aliphatic carbocycles. The second-order valence-corrected chi connectivity index (χ2v) is 8.25. The summed E-state index contributed by atoms with van der Waals surface area (Å²) in [5, 5.41) is 18.6. The Kier molecular flexibility index (Phi) is 5.92. The maximum Gasteiger partial charge on any atom is 0.226 e. The minimum Gasteiger partial charge on any atom is -0.438 e. The molecule has 2 heterocycles. The number of ether oxygens (including phenoxy) is 1. The topological polar surface area (TPSA) is 47.3 Å². The molecule has 2 aromatic carbocycles. The third kappa shape index (κ3) is 4.19. The van der Waals surface area contributed by atoms with Gasteiger partial charge in [-0.3, -0.25) is 0 Å². The van der Waals surface area contributed by atoms with Crippen molar-refractivity contribution in [1.82, 2.24) is 9.78 Å². The number of para-hydroxylation sites is 1. The molecule has 1 atom stereocenters. The molecule has 4 rings (SSSR count). The smallest absolute Gasteiger partial charge is 0.226 e. The molecule has 0 saturated carbocycles. The molecule has 0 bridgehead atoms. The molecule has 0 aliphatic rings. The van der Waals surface area contributed by atoms with Gasteiger partial charge in [-0.2, -0.15) is 5.10 Å². The van der Waals surface area contributed by atoms with Crippen molar-refractivity contribution in [2.24, 2.45) is 0 Å². The van der Waals surface area contributed by atoms with Crippen LogP contribution >= 0.6 is 34.5 Å². The van der Waals surface area contributed by atoms with Gasteiger partial charge in [0.25, 0.3) is 0 Å². The summed E-state index contributed by atoms with van der Waals surface area (Å²) >= 11 is 13.8. The average Bonchev–Trinajstić information content (AvgIpc) is 3.35. The Morgan fingerprint density at radius 3 is 2.41 bits per heavy atom. The van der Waals surface area contributed by atoms with E-state index in [1.54, 1.807) is 22.9 Å². The molecule has 0 amide bonds. The van der Waals surface area contributed by atoms with Gasteiger partial charge in [-0.05, 0) is 48.2 Å². The summed E-state index contributed by atoms with van der Waals surface area (Å²) in [6.45, 7) is 2.01. The Morgan fingerprint density at radius 2 is 1.79 bits per heavy atom. The van der Waals surface area contributed by atoms with Crippen LogP contribution in [0.3, 0.4) is 0 Å². The second kappa shape index (κ2) is 8.59. The van der Waals surface area contributed by atoms with Crippen molar-refractivity contribution in [2.75, 3.05) is 0 Å². The summed E-state index contributed by atoms with van der Waals surface area (Å²) in [6, 6.07) is 18.5. The molecular weight excluding hydrogens is 427 g/mol. The summed E-state index contributed by atoms with van der Waals surface area (Å²) in [4.78, 5) is 0.828. The van der Waals surface area contributed by atoms with Crippen molar-refractivity contribution in [3.8, 4) is 17.3 Å². The Bertz CT molecular complexity index is 1090. The van der Waals surface area contributed by atoms with Crippen molar-refractivity contribution in [2.45, 2.75) is 19.4 Å². The van der Waals surface area contributed by atoms with Crippen LogP contribution in [0.5, 0.6) is 11.6 Å². The number of aliphatic hydroxyl groups is 1. The molecule has 7 heteroatoms. The molecule has 29 heavy (non-hydrogen) atoms. The van der Waals surface area contributed by atoms with Crippen molar-refractivity contribution >= 4 is 34.5 Å². The van der Waals surface area contributed by atoms with E-state index in [2.05, 4.69) is 0 Å². The molecule has 0 radical (unpaired) electrons. The van der Waals surface area contributed by atoms with Crippen LogP contribution in [-0.4, -0.2) is 14.9 Å². The van der Waals surface area contributed by atoms with Crippen LogP contribution in [0.1, 0.15) is 29.2 Å². The highest BCUT2D eigenvalue weighted by atomic mass is 35.5. The maximum atomic E-state index is 11.0. The van der Waals surface area contributed by atoms with Gasteiger partial charge in [0.1, 0.15) is 17.5 Å². The number of halogens is 2. The van der Waals surface area contributed by atoms with Crippen LogP contribution in [0.4, 0.5) is 0 Å². The van der Waals surface area contributed by atoms with Gasteiger partial charge >= 0.3 is 0 Å². The zero-order chi connectivity index (χ0) is 20.4. The number of aromatic nitrogens is 2. The number of thiophene rings is 1. The van der Waals surface area contributed by atoms with Crippen LogP contribution in [0, 0.1) is 0 Å². The molecule has 4 aromatic rings. The molecule has 0 spiro atoms. The predicted molar refractivity (Wildman–Crippen MR) is 118 cm³/mol. The van der Waals surface area contributed by atoms with Crippen molar-refractivity contribution in [3.63, 3.8) is 0 Å². The Hall–Kier alpha value is -2.31. The molecule has 2 aromatic heterocycles. The lowest BCUT2D eigenvalue weighted by Crippen LogP contribution is -2.02. The average molecular weight is 445 g/mol. The Balaban J connectivity index is 1.87. The summed E-state index contributed by atoms with van der Waals surface area (Å²) in [5.41, 5.74) is 2.22. The van der Waals surface area contributed by atoms with Crippen LogP contribution in [0.15, 0.2) is 66.0 Å². The SMILES string of the molecule is CCc1c(C(O)c2cccs2)nn(-c2ccccc2)c1Oc1cc(Cl)cc(Cl)c1. The van der Waals surface area contributed by atoms with E-state index < -0.39 is 6.10 Å².